The summed E-state index contributed by atoms with van der Waals surface area (Å²) in [5, 5.41) is 90.0. The van der Waals surface area contributed by atoms with Gasteiger partial charge < -0.3 is 80.5 Å². The maximum atomic E-state index is 12.1. The standard InChI is InChI=1S/C24H41N3O16/c1-7(31)25-13-18(36)20(11(5-29)39-22(13)38)42-24-15(27-9(3)33)19(37)21(12(6-30)41-24)43-23-14(26-8(2)32)17(35)16(34)10(4-28)40-23/h10-24,28-30,34-38H,4-6H2,1-3H3,(H,25,31)(H,26,32)(H,27,33)/t10?,11?,12?,13?,14?,15?,16-,17+,18+,19+,20+,21+,22-,23+,24+/m1/s1/i7+1,8+1,9+1. The zero-order valence-electron chi connectivity index (χ0n) is 23.6. The molecule has 3 aliphatic rings. The van der Waals surface area contributed by atoms with Crippen LogP contribution in [0.5, 0.6) is 0 Å². The fraction of sp³-hybridized carbons (Fsp3) is 0.875. The van der Waals surface area contributed by atoms with Crippen molar-refractivity contribution in [2.24, 2.45) is 0 Å². The molecule has 15 atom stereocenters. The van der Waals surface area contributed by atoms with Gasteiger partial charge in [-0.1, -0.05) is 0 Å². The van der Waals surface area contributed by atoms with Crippen LogP contribution in [0.1, 0.15) is 20.8 Å². The summed E-state index contributed by atoms with van der Waals surface area (Å²) in [6.07, 6.45) is -19.0. The number of rotatable bonds is 10. The molecule has 11 N–H and O–H groups in total. The van der Waals surface area contributed by atoms with Gasteiger partial charge in [0.15, 0.2) is 18.9 Å². The van der Waals surface area contributed by atoms with E-state index in [1.165, 1.54) is 0 Å². The van der Waals surface area contributed by atoms with E-state index in [2.05, 4.69) is 16.0 Å². The van der Waals surface area contributed by atoms with E-state index in [0.717, 1.165) is 20.8 Å². The van der Waals surface area contributed by atoms with E-state index in [4.69, 9.17) is 23.7 Å². The van der Waals surface area contributed by atoms with Crippen molar-refractivity contribution in [3.8, 4) is 0 Å². The molecule has 43 heavy (non-hydrogen) atoms. The van der Waals surface area contributed by atoms with Crippen LogP contribution in [0.25, 0.3) is 0 Å². The van der Waals surface area contributed by atoms with Gasteiger partial charge in [-0.25, -0.2) is 0 Å². The Labute approximate surface area is 245 Å². The highest BCUT2D eigenvalue weighted by molar-refractivity contribution is 5.74. The maximum Gasteiger partial charge on any atom is 0.217 e. The number of carbonyl (C=O) groups is 3. The molecule has 3 fully saturated rings. The second-order valence-electron chi connectivity index (χ2n) is 10.5. The maximum absolute atomic E-state index is 12.1. The van der Waals surface area contributed by atoms with Gasteiger partial charge >= 0.3 is 0 Å². The van der Waals surface area contributed by atoms with Gasteiger partial charge in [0.25, 0.3) is 0 Å². The highest BCUT2D eigenvalue weighted by atomic mass is 16.7. The highest BCUT2D eigenvalue weighted by Gasteiger charge is 2.54. The van der Waals surface area contributed by atoms with Gasteiger partial charge in [-0.15, -0.1) is 0 Å². The van der Waals surface area contributed by atoms with Crippen molar-refractivity contribution in [2.45, 2.75) is 113 Å². The second kappa shape index (κ2) is 15.3. The molecule has 19 heteroatoms. The van der Waals surface area contributed by atoms with Crippen molar-refractivity contribution < 1.29 is 78.9 Å². The van der Waals surface area contributed by atoms with Crippen LogP contribution in [-0.2, 0) is 38.1 Å². The number of aliphatic hydroxyl groups is 8. The van der Waals surface area contributed by atoms with E-state index in [1.54, 1.807) is 0 Å². The van der Waals surface area contributed by atoms with Crippen LogP contribution < -0.4 is 16.0 Å². The molecule has 0 aromatic carbocycles. The van der Waals surface area contributed by atoms with Gasteiger partial charge in [0, 0.05) is 20.8 Å². The summed E-state index contributed by atoms with van der Waals surface area (Å²) in [6.45, 7) is 0.995. The summed E-state index contributed by atoms with van der Waals surface area (Å²) in [4.78, 5) is 35.5. The minimum Gasteiger partial charge on any atom is -0.394 e. The third-order valence-corrected chi connectivity index (χ3v) is 7.30. The molecule has 3 heterocycles. The van der Waals surface area contributed by atoms with E-state index in [1.807, 2.05) is 0 Å². The quantitative estimate of drug-likeness (QED) is 0.0999. The minimum atomic E-state index is -1.77. The van der Waals surface area contributed by atoms with Crippen LogP contribution >= 0.6 is 0 Å². The Morgan fingerprint density at radius 2 is 0.930 bits per heavy atom. The predicted octanol–water partition coefficient (Wildman–Crippen LogP) is -7.14. The Balaban J connectivity index is 1.89. The lowest BCUT2D eigenvalue weighted by Crippen LogP contribution is -2.71. The highest BCUT2D eigenvalue weighted by Crippen LogP contribution is 2.32. The van der Waals surface area contributed by atoms with Gasteiger partial charge in [-0.05, 0) is 0 Å². The molecule has 0 radical (unpaired) electrons. The number of amides is 3. The van der Waals surface area contributed by atoms with Gasteiger partial charge in [-0.3, -0.25) is 14.4 Å². The van der Waals surface area contributed by atoms with Crippen LogP contribution in [0.4, 0.5) is 0 Å². The Kier molecular flexibility index (Phi) is 12.5. The van der Waals surface area contributed by atoms with Crippen molar-refractivity contribution >= 4 is 17.7 Å². The van der Waals surface area contributed by atoms with Crippen LogP contribution in [0.15, 0.2) is 0 Å². The summed E-state index contributed by atoms with van der Waals surface area (Å²) < 4.78 is 28.3. The number of hydrogen-bond acceptors (Lipinski definition) is 16. The minimum absolute atomic E-state index is 0.628. The normalized spacial score (nSPS) is 43.5. The molecule has 0 aromatic rings. The molecule has 248 valence electrons. The van der Waals surface area contributed by atoms with Crippen LogP contribution in [0.3, 0.4) is 0 Å². The SMILES string of the molecule is C[13C](=O)NC1[C@H](O[C@H]2C(CO)O[C@@H](O[C@H]3C(CO)O[C@@H](O)C(N[13C](C)=O)[C@@H]3O)C(N[13C](C)=O)[C@@H]2O)OC(CO)[C@@H](O)[C@H]1O. The molecule has 3 aliphatic heterocycles. The first kappa shape index (κ1) is 35.4. The van der Waals surface area contributed by atoms with Gasteiger partial charge in [0.2, 0.25) is 17.7 Å². The number of hydrogen-bond donors (Lipinski definition) is 11. The third kappa shape index (κ3) is 8.14. The summed E-state index contributed by atoms with van der Waals surface area (Å²) in [6, 6.07) is -4.31. The Morgan fingerprint density at radius 1 is 0.558 bits per heavy atom. The predicted molar refractivity (Wildman–Crippen MR) is 136 cm³/mol. The van der Waals surface area contributed by atoms with Crippen molar-refractivity contribution in [1.82, 2.24) is 16.0 Å². The van der Waals surface area contributed by atoms with Crippen molar-refractivity contribution in [3.63, 3.8) is 0 Å². The zero-order valence-corrected chi connectivity index (χ0v) is 23.6. The molecule has 0 aliphatic carbocycles. The molecule has 3 saturated heterocycles. The van der Waals surface area contributed by atoms with E-state index in [-0.39, 0.29) is 0 Å². The van der Waals surface area contributed by atoms with Crippen molar-refractivity contribution in [3.05, 3.63) is 0 Å². The first-order valence-corrected chi connectivity index (χ1v) is 13.5. The third-order valence-electron chi connectivity index (χ3n) is 7.30. The zero-order chi connectivity index (χ0) is 32.2. The van der Waals surface area contributed by atoms with E-state index in [0.29, 0.717) is 0 Å². The summed E-state index contributed by atoms with van der Waals surface area (Å²) in [5.74, 6) is -1.96. The lowest BCUT2D eigenvalue weighted by molar-refractivity contribution is -0.351. The summed E-state index contributed by atoms with van der Waals surface area (Å²) in [5.41, 5.74) is 0. The largest absolute Gasteiger partial charge is 0.394 e. The molecule has 0 saturated carbocycles. The molecule has 3 amide bonds. The van der Waals surface area contributed by atoms with Crippen LogP contribution in [0, 0.1) is 0 Å². The Bertz CT molecular complexity index is 962. The van der Waals surface area contributed by atoms with Gasteiger partial charge in [0.05, 0.1) is 19.8 Å². The van der Waals surface area contributed by atoms with E-state index >= 15 is 0 Å². The number of nitrogens with one attached hydrogen (secondary N) is 3. The molecule has 0 spiro atoms. The Hall–Kier alpha value is -2.11. The van der Waals surface area contributed by atoms with Gasteiger partial charge in [-0.2, -0.15) is 0 Å². The summed E-state index contributed by atoms with van der Waals surface area (Å²) >= 11 is 0. The topological polar surface area (TPSA) is 295 Å². The van der Waals surface area contributed by atoms with E-state index < -0.39 is 129 Å². The van der Waals surface area contributed by atoms with Crippen molar-refractivity contribution in [2.75, 3.05) is 19.8 Å². The number of ether oxygens (including phenoxy) is 5. The van der Waals surface area contributed by atoms with Crippen LogP contribution in [0.2, 0.25) is 0 Å². The summed E-state index contributed by atoms with van der Waals surface area (Å²) in [7, 11) is 0. The lowest BCUT2D eigenvalue weighted by Gasteiger charge is -2.49. The first-order valence-electron chi connectivity index (χ1n) is 13.5. The molecule has 6 unspecified atom stereocenters. The average Bonchev–Trinajstić information content (AvgIpc) is 2.94. The number of aliphatic hydroxyl groups excluding tert-OH is 8. The molecule has 0 bridgehead atoms. The van der Waals surface area contributed by atoms with Crippen molar-refractivity contribution in [1.29, 1.82) is 0 Å². The molecule has 3 rings (SSSR count). The second-order valence-corrected chi connectivity index (χ2v) is 10.5. The number of carbonyl (C=O) groups excluding carboxylic acids is 3. The lowest BCUT2D eigenvalue weighted by atomic mass is 9.94. The fourth-order valence-electron chi connectivity index (χ4n) is 5.28. The first-order chi connectivity index (χ1) is 20.2. The molecule has 0 aromatic heterocycles. The molecular weight excluding hydrogens is 589 g/mol. The van der Waals surface area contributed by atoms with E-state index in [9.17, 15) is 55.2 Å². The monoisotopic (exact) mass is 630 g/mol. The Morgan fingerprint density at radius 3 is 1.37 bits per heavy atom. The molecule has 19 nitrogen and oxygen atoms in total. The van der Waals surface area contributed by atoms with Gasteiger partial charge in [0.1, 0.15) is 73.1 Å². The fourth-order valence-corrected chi connectivity index (χ4v) is 5.28. The average molecular weight is 631 g/mol. The van der Waals surface area contributed by atoms with Crippen LogP contribution in [-0.4, -0.2) is 170 Å². The smallest absolute Gasteiger partial charge is 0.217 e. The molecular formula is C24H41N3O16.